The predicted octanol–water partition coefficient (Wildman–Crippen LogP) is 4.18. The first kappa shape index (κ1) is 29.1. The Kier molecular flexibility index (Phi) is 8.89. The van der Waals surface area contributed by atoms with Gasteiger partial charge in [-0.1, -0.05) is 30.3 Å². The first-order valence-corrected chi connectivity index (χ1v) is 14.6. The van der Waals surface area contributed by atoms with Crippen LogP contribution in [0.1, 0.15) is 6.42 Å². The molecule has 2 N–H and O–H groups in total. The smallest absolute Gasteiger partial charge is 0.232 e. The number of hydrogen-bond donors (Lipinski definition) is 2. The standard InChI is InChI=1S/C30H35N9O3.ClH/c1-37-11-13-38(14-12-37)10-5-17-41-25-9-8-22-26-27(42-29(22)32-25)28(39-15-18-40-19-16-39)34-30(33-26)31-24-20-23(35-36-24)21-6-3-2-4-7-21;/h2-4,6-9,20H,5,10-19H2,1H3,(H2,31,33,34,35,36);1H. The lowest BCUT2D eigenvalue weighted by atomic mass is 10.2. The molecule has 13 heteroatoms. The van der Waals surface area contributed by atoms with Gasteiger partial charge in [-0.05, 0) is 25.1 Å². The van der Waals surface area contributed by atoms with Crippen molar-refractivity contribution in [3.05, 3.63) is 48.5 Å². The van der Waals surface area contributed by atoms with Gasteiger partial charge in [0.1, 0.15) is 5.52 Å². The number of rotatable bonds is 9. The Balaban J connectivity index is 0.00000329. The molecule has 12 nitrogen and oxygen atoms in total. The third-order valence-electron chi connectivity index (χ3n) is 7.81. The highest BCUT2D eigenvalue weighted by molar-refractivity contribution is 6.05. The van der Waals surface area contributed by atoms with Crippen molar-refractivity contribution in [1.82, 2.24) is 34.9 Å². The van der Waals surface area contributed by atoms with E-state index in [1.54, 1.807) is 0 Å². The van der Waals surface area contributed by atoms with Gasteiger partial charge >= 0.3 is 0 Å². The molecular weight excluding hydrogens is 570 g/mol. The van der Waals surface area contributed by atoms with Crippen molar-refractivity contribution in [1.29, 1.82) is 0 Å². The number of ether oxygens (including phenoxy) is 2. The van der Waals surface area contributed by atoms with Gasteiger partial charge in [-0.15, -0.1) is 12.4 Å². The topological polar surface area (TPSA) is 121 Å². The van der Waals surface area contributed by atoms with Crippen molar-refractivity contribution < 1.29 is 13.9 Å². The number of piperazine rings is 1. The van der Waals surface area contributed by atoms with Crippen LogP contribution in [-0.2, 0) is 4.74 Å². The van der Waals surface area contributed by atoms with Gasteiger partial charge < -0.3 is 33.9 Å². The van der Waals surface area contributed by atoms with Crippen molar-refractivity contribution in [2.75, 3.05) is 82.9 Å². The van der Waals surface area contributed by atoms with Crippen LogP contribution in [0, 0.1) is 0 Å². The molecule has 6 heterocycles. The van der Waals surface area contributed by atoms with E-state index in [0.29, 0.717) is 73.2 Å². The summed E-state index contributed by atoms with van der Waals surface area (Å²) in [6.45, 7) is 8.75. The van der Waals surface area contributed by atoms with E-state index in [9.17, 15) is 0 Å². The molecule has 1 aromatic carbocycles. The van der Waals surface area contributed by atoms with Crippen molar-refractivity contribution in [2.24, 2.45) is 0 Å². The summed E-state index contributed by atoms with van der Waals surface area (Å²) < 4.78 is 17.9. The van der Waals surface area contributed by atoms with Gasteiger partial charge in [-0.3, -0.25) is 5.10 Å². The number of pyridine rings is 1. The Morgan fingerprint density at radius 3 is 2.58 bits per heavy atom. The molecule has 0 amide bonds. The van der Waals surface area contributed by atoms with E-state index in [1.807, 2.05) is 48.5 Å². The molecule has 0 unspecified atom stereocenters. The number of hydrogen-bond acceptors (Lipinski definition) is 11. The number of aromatic amines is 1. The van der Waals surface area contributed by atoms with Crippen LogP contribution < -0.4 is 15.0 Å². The number of likely N-dealkylation sites (N-methyl/N-ethyl adjacent to an activating group) is 1. The highest BCUT2D eigenvalue weighted by atomic mass is 35.5. The molecule has 2 aliphatic heterocycles. The molecule has 0 radical (unpaired) electrons. The lowest BCUT2D eigenvalue weighted by Gasteiger charge is -2.32. The number of aromatic nitrogens is 5. The summed E-state index contributed by atoms with van der Waals surface area (Å²) in [6.07, 6.45) is 0.949. The van der Waals surface area contributed by atoms with Crippen molar-refractivity contribution in [3.8, 4) is 17.1 Å². The Labute approximate surface area is 255 Å². The quantitative estimate of drug-likeness (QED) is 0.235. The van der Waals surface area contributed by atoms with E-state index in [1.165, 1.54) is 0 Å². The van der Waals surface area contributed by atoms with Crippen molar-refractivity contribution >= 4 is 52.2 Å². The molecule has 226 valence electrons. The summed E-state index contributed by atoms with van der Waals surface area (Å²) in [5.74, 6) is 2.31. The fourth-order valence-corrected chi connectivity index (χ4v) is 5.42. The van der Waals surface area contributed by atoms with Gasteiger partial charge in [0.25, 0.3) is 0 Å². The lowest BCUT2D eigenvalue weighted by molar-refractivity contribution is 0.122. The minimum absolute atomic E-state index is 0. The fraction of sp³-hybridized carbons (Fsp3) is 0.400. The van der Waals surface area contributed by atoms with Gasteiger partial charge in [0.05, 0.1) is 30.9 Å². The number of furan rings is 1. The van der Waals surface area contributed by atoms with Gasteiger partial charge in [0.2, 0.25) is 17.5 Å². The Morgan fingerprint density at radius 2 is 1.77 bits per heavy atom. The molecule has 0 atom stereocenters. The van der Waals surface area contributed by atoms with E-state index in [-0.39, 0.29) is 12.4 Å². The number of anilines is 3. The molecular formula is C30H36ClN9O3. The maximum absolute atomic E-state index is 6.30. The van der Waals surface area contributed by atoms with Crippen LogP contribution >= 0.6 is 12.4 Å². The van der Waals surface area contributed by atoms with Gasteiger partial charge in [-0.2, -0.15) is 15.1 Å². The summed E-state index contributed by atoms with van der Waals surface area (Å²) >= 11 is 0. The number of nitrogens with one attached hydrogen (secondary N) is 2. The van der Waals surface area contributed by atoms with Gasteiger partial charge in [-0.25, -0.2) is 4.98 Å². The molecule has 2 fully saturated rings. The second-order valence-corrected chi connectivity index (χ2v) is 10.8. The number of nitrogens with zero attached hydrogens (tertiary/aromatic N) is 7. The monoisotopic (exact) mass is 605 g/mol. The van der Waals surface area contributed by atoms with Crippen LogP contribution in [0.2, 0.25) is 0 Å². The Bertz CT molecular complexity index is 1650. The summed E-state index contributed by atoms with van der Waals surface area (Å²) in [6, 6.07) is 15.8. The summed E-state index contributed by atoms with van der Waals surface area (Å²) in [5.41, 5.74) is 3.73. The zero-order chi connectivity index (χ0) is 28.3. The number of halogens is 1. The molecule has 0 bridgehead atoms. The Hall–Kier alpha value is -3.97. The first-order chi connectivity index (χ1) is 20.7. The molecule has 0 saturated carbocycles. The van der Waals surface area contributed by atoms with E-state index in [0.717, 1.165) is 55.8 Å². The first-order valence-electron chi connectivity index (χ1n) is 14.6. The van der Waals surface area contributed by atoms with Gasteiger partial charge in [0, 0.05) is 57.9 Å². The predicted molar refractivity (Wildman–Crippen MR) is 169 cm³/mol. The molecule has 43 heavy (non-hydrogen) atoms. The molecule has 7 rings (SSSR count). The highest BCUT2D eigenvalue weighted by Gasteiger charge is 2.23. The minimum Gasteiger partial charge on any atom is -0.478 e. The largest absolute Gasteiger partial charge is 0.478 e. The van der Waals surface area contributed by atoms with Crippen LogP contribution in [-0.4, -0.2) is 108 Å². The number of H-pyrrole nitrogens is 1. The van der Waals surface area contributed by atoms with E-state index in [4.69, 9.17) is 23.9 Å². The molecule has 0 spiro atoms. The van der Waals surface area contributed by atoms with Crippen molar-refractivity contribution in [3.63, 3.8) is 0 Å². The zero-order valence-corrected chi connectivity index (χ0v) is 25.0. The second-order valence-electron chi connectivity index (χ2n) is 10.8. The van der Waals surface area contributed by atoms with Crippen LogP contribution in [0.3, 0.4) is 0 Å². The molecule has 0 aliphatic carbocycles. The summed E-state index contributed by atoms with van der Waals surface area (Å²) in [4.78, 5) is 21.4. The molecule has 5 aromatic rings. The fourth-order valence-electron chi connectivity index (χ4n) is 5.42. The van der Waals surface area contributed by atoms with Crippen molar-refractivity contribution in [2.45, 2.75) is 6.42 Å². The van der Waals surface area contributed by atoms with E-state index < -0.39 is 0 Å². The number of fused-ring (bicyclic) bond motifs is 3. The summed E-state index contributed by atoms with van der Waals surface area (Å²) in [5, 5.41) is 11.6. The number of benzene rings is 1. The maximum Gasteiger partial charge on any atom is 0.232 e. The molecule has 2 saturated heterocycles. The molecule has 4 aromatic heterocycles. The van der Waals surface area contributed by atoms with Crippen LogP contribution in [0.4, 0.5) is 17.6 Å². The maximum atomic E-state index is 6.30. The van der Waals surface area contributed by atoms with Crippen LogP contribution in [0.15, 0.2) is 52.9 Å². The normalized spacial score (nSPS) is 16.4. The Morgan fingerprint density at radius 1 is 0.953 bits per heavy atom. The highest BCUT2D eigenvalue weighted by Crippen LogP contribution is 2.35. The zero-order valence-electron chi connectivity index (χ0n) is 24.2. The summed E-state index contributed by atoms with van der Waals surface area (Å²) in [7, 11) is 2.17. The van der Waals surface area contributed by atoms with Crippen LogP contribution in [0.5, 0.6) is 5.88 Å². The average Bonchev–Trinajstić information content (AvgIpc) is 3.65. The van der Waals surface area contributed by atoms with Crippen LogP contribution in [0.25, 0.3) is 33.5 Å². The molecule has 2 aliphatic rings. The van der Waals surface area contributed by atoms with E-state index in [2.05, 4.69) is 42.2 Å². The average molecular weight is 606 g/mol. The minimum atomic E-state index is 0. The number of morpholine rings is 1. The van der Waals surface area contributed by atoms with Gasteiger partial charge in [0.15, 0.2) is 17.2 Å². The van der Waals surface area contributed by atoms with E-state index >= 15 is 0 Å². The third-order valence-corrected chi connectivity index (χ3v) is 7.81. The third kappa shape index (κ3) is 6.52. The second kappa shape index (κ2) is 13.1. The lowest BCUT2D eigenvalue weighted by Crippen LogP contribution is -2.44. The SMILES string of the molecule is CN1CCN(CCCOc2ccc3c(n2)oc2c(N4CCOCC4)nc(Nc4cc(-c5ccccc5)[nH]n4)nc23)CC1.Cl.